The number of ether oxygens (including phenoxy) is 2. The molecule has 4 atom stereocenters. The predicted molar refractivity (Wildman–Crippen MR) is 107 cm³/mol. The largest absolute Gasteiger partial charge is 0.393 e. The molecule has 0 aromatic heterocycles. The molecule has 0 unspecified atom stereocenters. The molecule has 2 saturated heterocycles. The SMILES string of the molecule is C[C@@]1(/C=C(\C#N)c2ccc(Cl)cc2)O[C@H](c2ccc(Cl)cc2)[C@@H]2C(=O)OC(=O)[C@@H]21. The molecule has 2 fully saturated rings. The first kappa shape index (κ1) is 19.7. The van der Waals surface area contributed by atoms with E-state index in [1.165, 1.54) is 0 Å². The molecule has 0 aliphatic carbocycles. The normalized spacial score (nSPS) is 28.8. The quantitative estimate of drug-likeness (QED) is 0.401. The fourth-order valence-electron chi connectivity index (χ4n) is 3.97. The number of carbonyl (C=O) groups excluding carboxylic acids is 2. The molecule has 2 aromatic carbocycles. The van der Waals surface area contributed by atoms with Gasteiger partial charge in [0.25, 0.3) is 0 Å². The van der Waals surface area contributed by atoms with Crippen LogP contribution in [0, 0.1) is 23.2 Å². The highest BCUT2D eigenvalue weighted by Gasteiger charge is 2.63. The zero-order valence-electron chi connectivity index (χ0n) is 15.3. The Morgan fingerprint density at radius 3 is 2.21 bits per heavy atom. The van der Waals surface area contributed by atoms with Crippen LogP contribution in [0.3, 0.4) is 0 Å². The summed E-state index contributed by atoms with van der Waals surface area (Å²) in [6.07, 6.45) is 0.895. The van der Waals surface area contributed by atoms with Gasteiger partial charge in [0.05, 0.1) is 17.7 Å². The van der Waals surface area contributed by atoms with Crippen molar-refractivity contribution in [3.63, 3.8) is 0 Å². The summed E-state index contributed by atoms with van der Waals surface area (Å²) in [5.74, 6) is -2.92. The number of allylic oxidation sites excluding steroid dienone is 1. The van der Waals surface area contributed by atoms with Gasteiger partial charge in [-0.15, -0.1) is 0 Å². The Kier molecular flexibility index (Phi) is 4.95. The lowest BCUT2D eigenvalue weighted by atomic mass is 9.79. The Morgan fingerprint density at radius 1 is 1.03 bits per heavy atom. The van der Waals surface area contributed by atoms with E-state index in [4.69, 9.17) is 32.7 Å². The summed E-state index contributed by atoms with van der Waals surface area (Å²) in [4.78, 5) is 24.9. The van der Waals surface area contributed by atoms with Gasteiger partial charge in [-0.1, -0.05) is 47.5 Å². The highest BCUT2D eigenvalue weighted by Crippen LogP contribution is 2.53. The van der Waals surface area contributed by atoms with Gasteiger partial charge < -0.3 is 9.47 Å². The lowest BCUT2D eigenvalue weighted by molar-refractivity contribution is -0.159. The molecule has 7 heteroatoms. The van der Waals surface area contributed by atoms with Gasteiger partial charge >= 0.3 is 11.9 Å². The summed E-state index contributed by atoms with van der Waals surface area (Å²) in [5, 5.41) is 10.8. The van der Waals surface area contributed by atoms with Gasteiger partial charge in [0.1, 0.15) is 17.4 Å². The monoisotopic (exact) mass is 427 g/mol. The van der Waals surface area contributed by atoms with Crippen molar-refractivity contribution in [3.05, 3.63) is 75.8 Å². The van der Waals surface area contributed by atoms with Crippen LogP contribution in [0.25, 0.3) is 5.57 Å². The van der Waals surface area contributed by atoms with Crippen LogP contribution in [0.4, 0.5) is 0 Å². The molecule has 29 heavy (non-hydrogen) atoms. The molecule has 0 radical (unpaired) electrons. The van der Waals surface area contributed by atoms with E-state index in [-0.39, 0.29) is 0 Å². The van der Waals surface area contributed by atoms with Gasteiger partial charge in [-0.3, -0.25) is 9.59 Å². The molecule has 0 N–H and O–H groups in total. The molecular formula is C22H15Cl2NO4. The fraction of sp³-hybridized carbons (Fsp3) is 0.227. The minimum absolute atomic E-state index is 0.312. The second kappa shape index (κ2) is 7.31. The van der Waals surface area contributed by atoms with E-state index in [0.717, 1.165) is 0 Å². The van der Waals surface area contributed by atoms with Crippen molar-refractivity contribution in [2.24, 2.45) is 11.8 Å². The molecule has 146 valence electrons. The van der Waals surface area contributed by atoms with Crippen molar-refractivity contribution in [3.8, 4) is 6.07 Å². The zero-order chi connectivity index (χ0) is 20.8. The fourth-order valence-corrected chi connectivity index (χ4v) is 4.22. The van der Waals surface area contributed by atoms with E-state index in [9.17, 15) is 14.9 Å². The number of hydrogen-bond acceptors (Lipinski definition) is 5. The Balaban J connectivity index is 1.78. The number of fused-ring (bicyclic) bond motifs is 1. The number of nitrogens with zero attached hydrogens (tertiary/aromatic N) is 1. The van der Waals surface area contributed by atoms with Crippen LogP contribution in [0.2, 0.25) is 10.0 Å². The van der Waals surface area contributed by atoms with Crippen molar-refractivity contribution in [2.75, 3.05) is 0 Å². The highest BCUT2D eigenvalue weighted by molar-refractivity contribution is 6.30. The molecule has 0 bridgehead atoms. The number of benzene rings is 2. The maximum atomic E-state index is 12.5. The minimum atomic E-state index is -1.21. The van der Waals surface area contributed by atoms with Gasteiger partial charge in [0, 0.05) is 10.0 Å². The van der Waals surface area contributed by atoms with Crippen molar-refractivity contribution < 1.29 is 19.1 Å². The van der Waals surface area contributed by atoms with Crippen molar-refractivity contribution in [2.45, 2.75) is 18.6 Å². The summed E-state index contributed by atoms with van der Waals surface area (Å²) < 4.78 is 11.2. The van der Waals surface area contributed by atoms with E-state index in [2.05, 4.69) is 6.07 Å². The molecule has 2 aliphatic rings. The summed E-state index contributed by atoms with van der Waals surface area (Å²) in [6.45, 7) is 1.69. The molecule has 2 heterocycles. The number of rotatable bonds is 3. The predicted octanol–water partition coefficient (Wildman–Crippen LogP) is 4.75. The molecule has 2 aliphatic heterocycles. The molecule has 5 nitrogen and oxygen atoms in total. The maximum absolute atomic E-state index is 12.5. The highest BCUT2D eigenvalue weighted by atomic mass is 35.5. The third-order valence-corrected chi connectivity index (χ3v) is 5.82. The van der Waals surface area contributed by atoms with E-state index < -0.39 is 35.5 Å². The number of nitriles is 1. The Labute approximate surface area is 177 Å². The minimum Gasteiger partial charge on any atom is -0.393 e. The third-order valence-electron chi connectivity index (χ3n) is 5.32. The van der Waals surface area contributed by atoms with Gasteiger partial charge in [-0.2, -0.15) is 5.26 Å². The van der Waals surface area contributed by atoms with E-state index >= 15 is 0 Å². The van der Waals surface area contributed by atoms with Crippen LogP contribution in [0.5, 0.6) is 0 Å². The van der Waals surface area contributed by atoms with Crippen LogP contribution in [0.15, 0.2) is 54.6 Å². The van der Waals surface area contributed by atoms with Crippen LogP contribution >= 0.6 is 23.2 Å². The number of esters is 2. The smallest absolute Gasteiger partial charge is 0.320 e. The number of carbonyl (C=O) groups is 2. The van der Waals surface area contributed by atoms with Gasteiger partial charge in [-0.05, 0) is 48.4 Å². The topological polar surface area (TPSA) is 76.4 Å². The molecule has 0 spiro atoms. The molecule has 2 aromatic rings. The van der Waals surface area contributed by atoms with Crippen LogP contribution in [0.1, 0.15) is 24.2 Å². The molecular weight excluding hydrogens is 413 g/mol. The van der Waals surface area contributed by atoms with Crippen LogP contribution < -0.4 is 0 Å². The van der Waals surface area contributed by atoms with Crippen LogP contribution in [-0.4, -0.2) is 17.5 Å². The molecule has 0 amide bonds. The molecule has 0 saturated carbocycles. The van der Waals surface area contributed by atoms with Gasteiger partial charge in [0.15, 0.2) is 0 Å². The first-order chi connectivity index (χ1) is 13.8. The van der Waals surface area contributed by atoms with E-state index in [1.807, 2.05) is 0 Å². The first-order valence-electron chi connectivity index (χ1n) is 8.90. The average molecular weight is 428 g/mol. The van der Waals surface area contributed by atoms with E-state index in [1.54, 1.807) is 61.5 Å². The summed E-state index contributed by atoms with van der Waals surface area (Å²) >= 11 is 11.9. The first-order valence-corrected chi connectivity index (χ1v) is 9.66. The Morgan fingerprint density at radius 2 is 1.62 bits per heavy atom. The second-order valence-electron chi connectivity index (χ2n) is 7.19. The van der Waals surface area contributed by atoms with Gasteiger partial charge in [0.2, 0.25) is 0 Å². The number of cyclic esters (lactones) is 2. The van der Waals surface area contributed by atoms with Crippen molar-refractivity contribution >= 4 is 40.7 Å². The number of halogens is 2. The second-order valence-corrected chi connectivity index (χ2v) is 8.07. The Bertz CT molecular complexity index is 1060. The van der Waals surface area contributed by atoms with Crippen LogP contribution in [-0.2, 0) is 19.1 Å². The molecule has 4 rings (SSSR count). The van der Waals surface area contributed by atoms with Crippen molar-refractivity contribution in [1.29, 1.82) is 5.26 Å². The van der Waals surface area contributed by atoms with E-state index in [0.29, 0.717) is 26.7 Å². The zero-order valence-corrected chi connectivity index (χ0v) is 16.8. The standard InChI is InChI=1S/C22H15Cl2NO4/c1-22(10-14(11-25)12-2-6-15(23)7-3-12)18-17(20(26)28-21(18)27)19(29-22)13-4-8-16(24)9-5-13/h2-10,17-19H,1H3/b14-10+/t17-,18-,19-,22+/m1/s1. The lowest BCUT2D eigenvalue weighted by Gasteiger charge is -2.25. The van der Waals surface area contributed by atoms with Gasteiger partial charge in [-0.25, -0.2) is 0 Å². The summed E-state index contributed by atoms with van der Waals surface area (Å²) in [7, 11) is 0. The number of hydrogen-bond donors (Lipinski definition) is 0. The summed E-state index contributed by atoms with van der Waals surface area (Å²) in [6, 6.07) is 15.8. The average Bonchev–Trinajstić information content (AvgIpc) is 3.17. The summed E-state index contributed by atoms with van der Waals surface area (Å²) in [5.41, 5.74) is 0.444. The Hall–Kier alpha value is -2.65. The third kappa shape index (κ3) is 3.44. The lowest BCUT2D eigenvalue weighted by Crippen LogP contribution is -2.34. The maximum Gasteiger partial charge on any atom is 0.320 e. The van der Waals surface area contributed by atoms with Crippen molar-refractivity contribution in [1.82, 2.24) is 0 Å².